The topological polar surface area (TPSA) is 63.2 Å². The molecule has 1 heterocycles. The van der Waals surface area contributed by atoms with Gasteiger partial charge >= 0.3 is 0 Å². The Kier molecular flexibility index (Phi) is 5.77. The molecule has 0 saturated carbocycles. The molecule has 0 fully saturated rings. The third kappa shape index (κ3) is 4.48. The van der Waals surface area contributed by atoms with E-state index in [9.17, 15) is 4.79 Å². The average molecular weight is 299 g/mol. The van der Waals surface area contributed by atoms with E-state index in [0.717, 1.165) is 23.5 Å². The van der Waals surface area contributed by atoms with Gasteiger partial charge in [-0.2, -0.15) is 0 Å². The highest BCUT2D eigenvalue weighted by Crippen LogP contribution is 2.20. The number of pyridine rings is 1. The molecule has 5 heteroatoms. The fraction of sp³-hybridized carbons (Fsp3) is 0.294. The Morgan fingerprint density at radius 1 is 1.14 bits per heavy atom. The number of anilines is 2. The van der Waals surface area contributed by atoms with Crippen LogP contribution < -0.4 is 15.4 Å². The van der Waals surface area contributed by atoms with Crippen LogP contribution in [0.3, 0.4) is 0 Å². The number of nitrogens with one attached hydrogen (secondary N) is 2. The molecule has 0 spiro atoms. The fourth-order valence-electron chi connectivity index (χ4n) is 1.93. The number of carbonyl (C=O) groups excluding carboxylic acids is 1. The first-order valence-corrected chi connectivity index (χ1v) is 7.47. The monoisotopic (exact) mass is 299 g/mol. The first-order chi connectivity index (χ1) is 10.7. The summed E-state index contributed by atoms with van der Waals surface area (Å²) in [5.41, 5.74) is 2.15. The molecule has 1 aromatic carbocycles. The Bertz CT molecular complexity index is 612. The number of rotatable bonds is 7. The molecule has 0 bridgehead atoms. The Labute approximate surface area is 130 Å². The summed E-state index contributed by atoms with van der Waals surface area (Å²) in [6.07, 6.45) is 2.52. The van der Waals surface area contributed by atoms with Gasteiger partial charge in [0.15, 0.2) is 0 Å². The number of hydrogen-bond donors (Lipinski definition) is 2. The van der Waals surface area contributed by atoms with E-state index in [2.05, 4.69) is 15.6 Å². The Hall–Kier alpha value is -2.56. The van der Waals surface area contributed by atoms with E-state index >= 15 is 0 Å². The van der Waals surface area contributed by atoms with E-state index in [1.165, 1.54) is 0 Å². The summed E-state index contributed by atoms with van der Waals surface area (Å²) in [4.78, 5) is 16.0. The summed E-state index contributed by atoms with van der Waals surface area (Å²) >= 11 is 0. The summed E-state index contributed by atoms with van der Waals surface area (Å²) in [6, 6.07) is 11.2. The van der Waals surface area contributed by atoms with Crippen molar-refractivity contribution in [2.24, 2.45) is 0 Å². The van der Waals surface area contributed by atoms with Crippen LogP contribution in [0.2, 0.25) is 0 Å². The van der Waals surface area contributed by atoms with Crippen molar-refractivity contribution < 1.29 is 9.53 Å². The summed E-state index contributed by atoms with van der Waals surface area (Å²) in [6.45, 7) is 5.26. The van der Waals surface area contributed by atoms with Gasteiger partial charge in [0.1, 0.15) is 11.4 Å². The molecule has 0 aliphatic rings. The van der Waals surface area contributed by atoms with Crippen LogP contribution >= 0.6 is 0 Å². The third-order valence-electron chi connectivity index (χ3n) is 2.98. The summed E-state index contributed by atoms with van der Waals surface area (Å²) in [5.74, 6) is 0.680. The van der Waals surface area contributed by atoms with Gasteiger partial charge in [-0.1, -0.05) is 6.92 Å². The van der Waals surface area contributed by atoms with E-state index in [4.69, 9.17) is 4.74 Å². The largest absolute Gasteiger partial charge is 0.494 e. The predicted octanol–water partition coefficient (Wildman–Crippen LogP) is 3.36. The molecular formula is C17H21N3O2. The Morgan fingerprint density at radius 2 is 1.91 bits per heavy atom. The van der Waals surface area contributed by atoms with E-state index in [0.29, 0.717) is 18.8 Å². The van der Waals surface area contributed by atoms with Crippen LogP contribution in [-0.4, -0.2) is 24.0 Å². The van der Waals surface area contributed by atoms with E-state index < -0.39 is 0 Å². The number of ether oxygens (including phenoxy) is 1. The quantitative estimate of drug-likeness (QED) is 0.823. The van der Waals surface area contributed by atoms with Crippen molar-refractivity contribution in [3.8, 4) is 5.75 Å². The lowest BCUT2D eigenvalue weighted by Gasteiger charge is -2.09. The molecule has 0 atom stereocenters. The highest BCUT2D eigenvalue weighted by atomic mass is 16.5. The standard InChI is InChI=1S/C17H21N3O2/c1-3-10-19-17(21)16-12-14(9-11-18-16)20-13-5-7-15(8-6-13)22-4-2/h5-9,11-12H,3-4,10H2,1-2H3,(H,18,20)(H,19,21). The molecule has 2 aromatic rings. The van der Waals surface area contributed by atoms with Crippen molar-refractivity contribution in [1.82, 2.24) is 10.3 Å². The number of amides is 1. The summed E-state index contributed by atoms with van der Waals surface area (Å²) in [5, 5.41) is 6.06. The van der Waals surface area contributed by atoms with Gasteiger partial charge in [-0.25, -0.2) is 0 Å². The minimum atomic E-state index is -0.155. The minimum absolute atomic E-state index is 0.155. The zero-order chi connectivity index (χ0) is 15.8. The first-order valence-electron chi connectivity index (χ1n) is 7.47. The molecule has 1 amide bonds. The Morgan fingerprint density at radius 3 is 2.59 bits per heavy atom. The van der Waals surface area contributed by atoms with Crippen molar-refractivity contribution in [2.75, 3.05) is 18.5 Å². The van der Waals surface area contributed by atoms with Gasteiger partial charge in [-0.3, -0.25) is 9.78 Å². The van der Waals surface area contributed by atoms with Crippen LogP contribution in [0.15, 0.2) is 42.6 Å². The summed E-state index contributed by atoms with van der Waals surface area (Å²) < 4.78 is 5.41. The molecule has 0 aliphatic carbocycles. The van der Waals surface area contributed by atoms with Crippen LogP contribution in [0.4, 0.5) is 11.4 Å². The number of nitrogens with zero attached hydrogens (tertiary/aromatic N) is 1. The van der Waals surface area contributed by atoms with Gasteiger partial charge in [0.2, 0.25) is 0 Å². The lowest BCUT2D eigenvalue weighted by molar-refractivity contribution is 0.0948. The van der Waals surface area contributed by atoms with Gasteiger partial charge in [0, 0.05) is 24.1 Å². The molecular weight excluding hydrogens is 278 g/mol. The maximum Gasteiger partial charge on any atom is 0.269 e. The van der Waals surface area contributed by atoms with Crippen molar-refractivity contribution in [2.45, 2.75) is 20.3 Å². The zero-order valence-corrected chi connectivity index (χ0v) is 12.9. The molecule has 2 rings (SSSR count). The molecule has 1 aromatic heterocycles. The van der Waals surface area contributed by atoms with E-state index in [-0.39, 0.29) is 5.91 Å². The van der Waals surface area contributed by atoms with Crippen LogP contribution in [0.25, 0.3) is 0 Å². The normalized spacial score (nSPS) is 10.1. The number of benzene rings is 1. The average Bonchev–Trinajstić information content (AvgIpc) is 2.55. The Balaban J connectivity index is 2.04. The van der Waals surface area contributed by atoms with Gasteiger partial charge in [0.05, 0.1) is 6.61 Å². The second kappa shape index (κ2) is 8.02. The molecule has 0 unspecified atom stereocenters. The highest BCUT2D eigenvalue weighted by molar-refractivity contribution is 5.93. The van der Waals surface area contributed by atoms with Crippen LogP contribution in [0, 0.1) is 0 Å². The lowest BCUT2D eigenvalue weighted by atomic mass is 10.2. The van der Waals surface area contributed by atoms with Gasteiger partial charge < -0.3 is 15.4 Å². The SMILES string of the molecule is CCCNC(=O)c1cc(Nc2ccc(OCC)cc2)ccn1. The molecule has 5 nitrogen and oxygen atoms in total. The van der Waals surface area contributed by atoms with Crippen LogP contribution in [-0.2, 0) is 0 Å². The lowest BCUT2D eigenvalue weighted by Crippen LogP contribution is -2.24. The molecule has 0 aliphatic heterocycles. The number of hydrogen-bond acceptors (Lipinski definition) is 4. The van der Waals surface area contributed by atoms with E-state index in [1.54, 1.807) is 12.3 Å². The predicted molar refractivity (Wildman–Crippen MR) is 87.8 cm³/mol. The molecule has 0 radical (unpaired) electrons. The first kappa shape index (κ1) is 15.8. The number of aromatic nitrogens is 1. The highest BCUT2D eigenvalue weighted by Gasteiger charge is 2.07. The second-order valence-electron chi connectivity index (χ2n) is 4.77. The molecule has 22 heavy (non-hydrogen) atoms. The zero-order valence-electron chi connectivity index (χ0n) is 12.9. The second-order valence-corrected chi connectivity index (χ2v) is 4.77. The maximum atomic E-state index is 11.9. The fourth-order valence-corrected chi connectivity index (χ4v) is 1.93. The molecule has 116 valence electrons. The van der Waals surface area contributed by atoms with Gasteiger partial charge in [0.25, 0.3) is 5.91 Å². The maximum absolute atomic E-state index is 11.9. The minimum Gasteiger partial charge on any atom is -0.494 e. The van der Waals surface area contributed by atoms with Crippen LogP contribution in [0.1, 0.15) is 30.8 Å². The smallest absolute Gasteiger partial charge is 0.269 e. The van der Waals surface area contributed by atoms with Gasteiger partial charge in [-0.15, -0.1) is 0 Å². The van der Waals surface area contributed by atoms with Crippen molar-refractivity contribution in [1.29, 1.82) is 0 Å². The molecule has 2 N–H and O–H groups in total. The number of carbonyl (C=O) groups is 1. The third-order valence-corrected chi connectivity index (χ3v) is 2.98. The van der Waals surface area contributed by atoms with Crippen molar-refractivity contribution >= 4 is 17.3 Å². The van der Waals surface area contributed by atoms with Gasteiger partial charge in [-0.05, 0) is 49.7 Å². The van der Waals surface area contributed by atoms with Crippen LogP contribution in [0.5, 0.6) is 5.75 Å². The van der Waals surface area contributed by atoms with Crippen molar-refractivity contribution in [3.63, 3.8) is 0 Å². The van der Waals surface area contributed by atoms with Crippen molar-refractivity contribution in [3.05, 3.63) is 48.3 Å². The van der Waals surface area contributed by atoms with E-state index in [1.807, 2.05) is 44.2 Å². The summed E-state index contributed by atoms with van der Waals surface area (Å²) in [7, 11) is 0. The molecule has 0 saturated heterocycles.